The van der Waals surface area contributed by atoms with Gasteiger partial charge in [-0.1, -0.05) is 0 Å². The molecule has 3 heterocycles. The second-order valence-electron chi connectivity index (χ2n) is 7.54. The third kappa shape index (κ3) is 3.61. The number of aromatic nitrogens is 3. The zero-order chi connectivity index (χ0) is 21.3. The first-order valence-electron chi connectivity index (χ1n) is 9.62. The lowest BCUT2D eigenvalue weighted by Crippen LogP contribution is -2.28. The average molecular weight is 408 g/mol. The molecule has 1 aliphatic heterocycles. The topological polar surface area (TPSA) is 87.5 Å². The van der Waals surface area contributed by atoms with Crippen molar-refractivity contribution in [3.8, 4) is 11.5 Å². The van der Waals surface area contributed by atoms with Crippen molar-refractivity contribution < 1.29 is 19.0 Å². The van der Waals surface area contributed by atoms with Crippen molar-refractivity contribution >= 4 is 28.7 Å². The molecule has 8 heteroatoms. The lowest BCUT2D eigenvalue weighted by molar-refractivity contribution is 0.102. The summed E-state index contributed by atoms with van der Waals surface area (Å²) in [6, 6.07) is 3.51. The molecule has 0 unspecified atom stereocenters. The van der Waals surface area contributed by atoms with Gasteiger partial charge in [-0.05, 0) is 38.1 Å². The molecule has 1 N–H and O–H groups in total. The highest BCUT2D eigenvalue weighted by Crippen LogP contribution is 2.39. The summed E-state index contributed by atoms with van der Waals surface area (Å²) in [5.74, 6) is 0.860. The minimum Gasteiger partial charge on any atom is -0.495 e. The first-order chi connectivity index (χ1) is 14.4. The fraction of sp³-hybridized carbons (Fsp3) is 0.318. The number of nitrogens with one attached hydrogen (secondary N) is 1. The van der Waals surface area contributed by atoms with Crippen molar-refractivity contribution in [3.63, 3.8) is 0 Å². The highest BCUT2D eigenvalue weighted by Gasteiger charge is 2.27. The number of ether oxygens (including phenoxy) is 3. The van der Waals surface area contributed by atoms with Gasteiger partial charge in [0.25, 0.3) is 5.91 Å². The molecule has 0 fully saturated rings. The van der Waals surface area contributed by atoms with Crippen molar-refractivity contribution in [2.24, 2.45) is 0 Å². The van der Waals surface area contributed by atoms with Gasteiger partial charge in [0.05, 0.1) is 35.9 Å². The smallest absolute Gasteiger partial charge is 0.259 e. The lowest BCUT2D eigenvalue weighted by atomic mass is 9.99. The number of benzene rings is 1. The molecule has 3 aromatic rings. The van der Waals surface area contributed by atoms with Crippen LogP contribution >= 0.6 is 0 Å². The van der Waals surface area contributed by atoms with Crippen molar-refractivity contribution in [3.05, 3.63) is 48.1 Å². The van der Waals surface area contributed by atoms with Gasteiger partial charge in [-0.15, -0.1) is 0 Å². The number of fused-ring (bicyclic) bond motifs is 2. The second kappa shape index (κ2) is 7.79. The van der Waals surface area contributed by atoms with Crippen LogP contribution in [0.5, 0.6) is 11.5 Å². The Kier molecular flexibility index (Phi) is 5.17. The third-order valence-electron chi connectivity index (χ3n) is 4.95. The van der Waals surface area contributed by atoms with Crippen LogP contribution in [-0.2, 0) is 11.3 Å². The van der Waals surface area contributed by atoms with Gasteiger partial charge in [-0.3, -0.25) is 4.79 Å². The van der Waals surface area contributed by atoms with E-state index in [0.29, 0.717) is 35.9 Å². The van der Waals surface area contributed by atoms with Crippen LogP contribution in [0, 0.1) is 0 Å². The first-order valence-corrected chi connectivity index (χ1v) is 9.62. The van der Waals surface area contributed by atoms with E-state index in [0.717, 1.165) is 16.6 Å². The van der Waals surface area contributed by atoms with Gasteiger partial charge in [-0.2, -0.15) is 0 Å². The van der Waals surface area contributed by atoms with Gasteiger partial charge >= 0.3 is 0 Å². The largest absolute Gasteiger partial charge is 0.495 e. The third-order valence-corrected chi connectivity index (χ3v) is 4.95. The molecule has 0 radical (unpaired) electrons. The van der Waals surface area contributed by atoms with Gasteiger partial charge in [-0.25, -0.2) is 9.97 Å². The van der Waals surface area contributed by atoms with Crippen molar-refractivity contribution in [1.82, 2.24) is 14.5 Å². The molecular weight excluding hydrogens is 384 g/mol. The summed E-state index contributed by atoms with van der Waals surface area (Å²) in [5.41, 5.74) is 2.10. The Labute approximate surface area is 174 Å². The standard InChI is InChI=1S/C22H24N4O4/c1-22(2)8-7-14-18(30-22)6-5-15(19(14)29-4)21(27)25-17-12-26(9-10-28-3)20-16(17)11-23-13-24-20/h5-8,11-13H,9-10H2,1-4H3,(H,25,27). The maximum atomic E-state index is 13.1. The molecule has 2 aromatic heterocycles. The van der Waals surface area contributed by atoms with Crippen LogP contribution in [0.3, 0.4) is 0 Å². The number of carbonyl (C=O) groups is 1. The normalized spacial score (nSPS) is 14.3. The van der Waals surface area contributed by atoms with Crippen LogP contribution in [0.1, 0.15) is 29.8 Å². The summed E-state index contributed by atoms with van der Waals surface area (Å²) in [6.07, 6.45) is 8.88. The molecule has 0 atom stereocenters. The van der Waals surface area contributed by atoms with E-state index >= 15 is 0 Å². The molecule has 1 aliphatic rings. The van der Waals surface area contributed by atoms with E-state index in [9.17, 15) is 4.79 Å². The molecule has 0 saturated carbocycles. The van der Waals surface area contributed by atoms with Crippen LogP contribution in [-0.4, -0.2) is 46.9 Å². The molecule has 4 rings (SSSR count). The van der Waals surface area contributed by atoms with E-state index < -0.39 is 5.60 Å². The van der Waals surface area contributed by atoms with Crippen LogP contribution in [0.2, 0.25) is 0 Å². The van der Waals surface area contributed by atoms with E-state index in [2.05, 4.69) is 15.3 Å². The SMILES string of the molecule is COCCn1cc(NC(=O)c2ccc3c(c2OC)C=CC(C)(C)O3)c2cncnc21. The number of hydrogen-bond acceptors (Lipinski definition) is 6. The van der Waals surface area contributed by atoms with Crippen molar-refractivity contribution in [2.45, 2.75) is 26.0 Å². The predicted octanol–water partition coefficient (Wildman–Crippen LogP) is 3.52. The van der Waals surface area contributed by atoms with Gasteiger partial charge in [0, 0.05) is 26.0 Å². The number of methoxy groups -OCH3 is 2. The van der Waals surface area contributed by atoms with E-state index in [1.54, 1.807) is 32.5 Å². The van der Waals surface area contributed by atoms with Gasteiger partial charge < -0.3 is 24.1 Å². The fourth-order valence-electron chi connectivity index (χ4n) is 3.51. The minimum absolute atomic E-state index is 0.289. The Morgan fingerprint density at radius 1 is 1.30 bits per heavy atom. The van der Waals surface area contributed by atoms with E-state index in [-0.39, 0.29) is 5.91 Å². The number of nitrogens with zero attached hydrogens (tertiary/aromatic N) is 3. The van der Waals surface area contributed by atoms with Crippen LogP contribution < -0.4 is 14.8 Å². The predicted molar refractivity (Wildman–Crippen MR) is 114 cm³/mol. The van der Waals surface area contributed by atoms with Gasteiger partial charge in [0.1, 0.15) is 29.1 Å². The Morgan fingerprint density at radius 2 is 2.13 bits per heavy atom. The molecular formula is C22H24N4O4. The minimum atomic E-state index is -0.411. The molecule has 0 aliphatic carbocycles. The summed E-state index contributed by atoms with van der Waals surface area (Å²) in [7, 11) is 3.19. The molecule has 1 aromatic carbocycles. The highest BCUT2D eigenvalue weighted by atomic mass is 16.5. The van der Waals surface area contributed by atoms with E-state index in [1.807, 2.05) is 36.8 Å². The first kappa shape index (κ1) is 19.9. The van der Waals surface area contributed by atoms with Crippen LogP contribution in [0.25, 0.3) is 17.1 Å². The maximum absolute atomic E-state index is 13.1. The molecule has 30 heavy (non-hydrogen) atoms. The van der Waals surface area contributed by atoms with Crippen LogP contribution in [0.15, 0.2) is 36.9 Å². The molecule has 0 saturated heterocycles. The molecule has 0 bridgehead atoms. The Morgan fingerprint density at radius 3 is 2.90 bits per heavy atom. The summed E-state index contributed by atoms with van der Waals surface area (Å²) in [5, 5.41) is 3.72. The van der Waals surface area contributed by atoms with Crippen molar-refractivity contribution in [1.29, 1.82) is 0 Å². The summed E-state index contributed by atoms with van der Waals surface area (Å²) in [6.45, 7) is 5.09. The average Bonchev–Trinajstić information content (AvgIpc) is 3.08. The fourth-order valence-corrected chi connectivity index (χ4v) is 3.51. The Bertz CT molecular complexity index is 1130. The summed E-state index contributed by atoms with van der Waals surface area (Å²) >= 11 is 0. The molecule has 0 spiro atoms. The number of rotatable bonds is 6. The zero-order valence-electron chi connectivity index (χ0n) is 17.4. The summed E-state index contributed by atoms with van der Waals surface area (Å²) in [4.78, 5) is 21.6. The second-order valence-corrected chi connectivity index (χ2v) is 7.54. The number of anilines is 1. The van der Waals surface area contributed by atoms with Gasteiger partial charge in [0.2, 0.25) is 0 Å². The number of amides is 1. The summed E-state index contributed by atoms with van der Waals surface area (Å²) < 4.78 is 18.7. The molecule has 156 valence electrons. The Hall–Kier alpha value is -3.39. The lowest BCUT2D eigenvalue weighted by Gasteiger charge is -2.29. The van der Waals surface area contributed by atoms with E-state index in [4.69, 9.17) is 14.2 Å². The Balaban J connectivity index is 1.68. The molecule has 1 amide bonds. The zero-order valence-corrected chi connectivity index (χ0v) is 17.4. The number of hydrogen-bond donors (Lipinski definition) is 1. The maximum Gasteiger partial charge on any atom is 0.259 e. The quantitative estimate of drug-likeness (QED) is 0.671. The van der Waals surface area contributed by atoms with Crippen molar-refractivity contribution in [2.75, 3.05) is 26.1 Å². The molecule has 8 nitrogen and oxygen atoms in total. The van der Waals surface area contributed by atoms with E-state index in [1.165, 1.54) is 6.33 Å². The van der Waals surface area contributed by atoms with Crippen LogP contribution in [0.4, 0.5) is 5.69 Å². The highest BCUT2D eigenvalue weighted by molar-refractivity contribution is 6.10. The monoisotopic (exact) mass is 408 g/mol. The van der Waals surface area contributed by atoms with Gasteiger partial charge in [0.15, 0.2) is 0 Å². The number of carbonyl (C=O) groups excluding carboxylic acids is 1.